The number of anilines is 1. The van der Waals surface area contributed by atoms with E-state index in [1.165, 1.54) is 6.07 Å². The highest BCUT2D eigenvalue weighted by Crippen LogP contribution is 2.17. The number of hydrogen-bond acceptors (Lipinski definition) is 5. The Labute approximate surface area is 99.8 Å². The zero-order valence-corrected chi connectivity index (χ0v) is 10.0. The zero-order valence-electron chi connectivity index (χ0n) is 10.0. The summed E-state index contributed by atoms with van der Waals surface area (Å²) < 4.78 is 0. The van der Waals surface area contributed by atoms with Crippen LogP contribution in [-0.2, 0) is 0 Å². The molecular weight excluding hydrogens is 222 g/mol. The second-order valence-electron chi connectivity index (χ2n) is 3.98. The SMILES string of the molecule is Cc1nc(NCCCC(C)O)ccc1[N+](=O)[O-]. The molecule has 0 aliphatic heterocycles. The van der Waals surface area contributed by atoms with Gasteiger partial charge in [-0.05, 0) is 32.8 Å². The van der Waals surface area contributed by atoms with Crippen molar-refractivity contribution in [3.63, 3.8) is 0 Å². The van der Waals surface area contributed by atoms with Gasteiger partial charge in [-0.3, -0.25) is 10.1 Å². The predicted molar refractivity (Wildman–Crippen MR) is 65.0 cm³/mol. The van der Waals surface area contributed by atoms with Crippen LogP contribution < -0.4 is 5.32 Å². The average molecular weight is 239 g/mol. The topological polar surface area (TPSA) is 88.3 Å². The quantitative estimate of drug-likeness (QED) is 0.449. The summed E-state index contributed by atoms with van der Waals surface area (Å²) in [4.78, 5) is 14.2. The van der Waals surface area contributed by atoms with E-state index >= 15 is 0 Å². The van der Waals surface area contributed by atoms with Crippen LogP contribution in [0.5, 0.6) is 0 Å². The molecule has 6 nitrogen and oxygen atoms in total. The number of aliphatic hydroxyl groups excluding tert-OH is 1. The highest BCUT2D eigenvalue weighted by atomic mass is 16.6. The summed E-state index contributed by atoms with van der Waals surface area (Å²) in [5, 5.41) is 22.7. The second-order valence-corrected chi connectivity index (χ2v) is 3.98. The molecule has 1 heterocycles. The van der Waals surface area contributed by atoms with E-state index < -0.39 is 4.92 Å². The van der Waals surface area contributed by atoms with E-state index in [0.717, 1.165) is 12.8 Å². The minimum atomic E-state index is -0.445. The molecule has 94 valence electrons. The molecule has 0 saturated carbocycles. The van der Waals surface area contributed by atoms with Crippen LogP contribution in [0.15, 0.2) is 12.1 Å². The molecule has 17 heavy (non-hydrogen) atoms. The van der Waals surface area contributed by atoms with Crippen LogP contribution in [0.25, 0.3) is 0 Å². The van der Waals surface area contributed by atoms with Crippen LogP contribution in [0.2, 0.25) is 0 Å². The second kappa shape index (κ2) is 6.15. The maximum absolute atomic E-state index is 10.6. The van der Waals surface area contributed by atoms with Crippen LogP contribution in [0, 0.1) is 17.0 Å². The highest BCUT2D eigenvalue weighted by Gasteiger charge is 2.11. The number of aliphatic hydroxyl groups is 1. The predicted octanol–water partition coefficient (Wildman–Crippen LogP) is 1.87. The molecule has 1 atom stereocenters. The number of nitrogens with one attached hydrogen (secondary N) is 1. The largest absolute Gasteiger partial charge is 0.393 e. The van der Waals surface area contributed by atoms with E-state index in [1.807, 2.05) is 0 Å². The van der Waals surface area contributed by atoms with Crippen LogP contribution >= 0.6 is 0 Å². The molecule has 0 spiro atoms. The summed E-state index contributed by atoms with van der Waals surface area (Å²) >= 11 is 0. The minimum Gasteiger partial charge on any atom is -0.393 e. The van der Waals surface area contributed by atoms with Crippen LogP contribution in [0.4, 0.5) is 11.5 Å². The Bertz CT molecular complexity index is 394. The Morgan fingerprint density at radius 1 is 1.59 bits per heavy atom. The van der Waals surface area contributed by atoms with Gasteiger partial charge in [0.15, 0.2) is 0 Å². The number of nitro groups is 1. The third kappa shape index (κ3) is 4.36. The van der Waals surface area contributed by atoms with E-state index in [0.29, 0.717) is 18.1 Å². The molecule has 1 rings (SSSR count). The molecule has 0 amide bonds. The lowest BCUT2D eigenvalue weighted by Crippen LogP contribution is -2.08. The number of aryl methyl sites for hydroxylation is 1. The molecule has 0 fully saturated rings. The normalized spacial score (nSPS) is 12.2. The molecule has 6 heteroatoms. The van der Waals surface area contributed by atoms with Gasteiger partial charge in [-0.25, -0.2) is 4.98 Å². The van der Waals surface area contributed by atoms with Crippen molar-refractivity contribution in [3.8, 4) is 0 Å². The van der Waals surface area contributed by atoms with Crippen molar-refractivity contribution < 1.29 is 10.0 Å². The first-order valence-corrected chi connectivity index (χ1v) is 5.54. The summed E-state index contributed by atoms with van der Waals surface area (Å²) in [5.74, 6) is 0.624. The lowest BCUT2D eigenvalue weighted by Gasteiger charge is -2.07. The monoisotopic (exact) mass is 239 g/mol. The van der Waals surface area contributed by atoms with Crippen molar-refractivity contribution in [3.05, 3.63) is 27.9 Å². The molecule has 0 aromatic carbocycles. The third-order valence-corrected chi connectivity index (χ3v) is 2.36. The lowest BCUT2D eigenvalue weighted by atomic mass is 10.2. The van der Waals surface area contributed by atoms with Crippen molar-refractivity contribution in [2.24, 2.45) is 0 Å². The summed E-state index contributed by atoms with van der Waals surface area (Å²) in [6, 6.07) is 3.03. The summed E-state index contributed by atoms with van der Waals surface area (Å²) in [5.41, 5.74) is 0.426. The summed E-state index contributed by atoms with van der Waals surface area (Å²) in [6.45, 7) is 4.04. The fourth-order valence-corrected chi connectivity index (χ4v) is 1.46. The first kappa shape index (κ1) is 13.4. The smallest absolute Gasteiger partial charge is 0.290 e. The number of hydrogen-bond donors (Lipinski definition) is 2. The van der Waals surface area contributed by atoms with Gasteiger partial charge < -0.3 is 10.4 Å². The van der Waals surface area contributed by atoms with Crippen LogP contribution in [-0.4, -0.2) is 27.7 Å². The Kier molecular flexibility index (Phi) is 4.84. The molecule has 1 aromatic heterocycles. The molecule has 0 bridgehead atoms. The molecule has 1 unspecified atom stereocenters. The van der Waals surface area contributed by atoms with Gasteiger partial charge in [0.05, 0.1) is 11.0 Å². The van der Waals surface area contributed by atoms with E-state index in [2.05, 4.69) is 10.3 Å². The standard InChI is InChI=1S/C11H17N3O3/c1-8(15)4-3-7-12-11-6-5-10(14(16)17)9(2)13-11/h5-6,8,15H,3-4,7H2,1-2H3,(H,12,13). The minimum absolute atomic E-state index is 0.0273. The maximum Gasteiger partial charge on any atom is 0.290 e. The Morgan fingerprint density at radius 3 is 2.82 bits per heavy atom. The molecule has 0 saturated heterocycles. The first-order valence-electron chi connectivity index (χ1n) is 5.54. The molecule has 0 aliphatic carbocycles. The van der Waals surface area contributed by atoms with Gasteiger partial charge in [0.25, 0.3) is 5.69 Å². The molecular formula is C11H17N3O3. The molecule has 0 aliphatic rings. The van der Waals surface area contributed by atoms with E-state index in [4.69, 9.17) is 5.11 Å². The molecule has 1 aromatic rings. The van der Waals surface area contributed by atoms with Crippen molar-refractivity contribution in [2.45, 2.75) is 32.8 Å². The summed E-state index contributed by atoms with van der Waals surface area (Å²) in [6.07, 6.45) is 1.25. The van der Waals surface area contributed by atoms with Crippen LogP contribution in [0.1, 0.15) is 25.5 Å². The Balaban J connectivity index is 2.50. The average Bonchev–Trinajstić information content (AvgIpc) is 2.23. The number of rotatable bonds is 6. The van der Waals surface area contributed by atoms with Gasteiger partial charge in [-0.2, -0.15) is 0 Å². The lowest BCUT2D eigenvalue weighted by molar-refractivity contribution is -0.385. The van der Waals surface area contributed by atoms with Crippen molar-refractivity contribution in [1.29, 1.82) is 0 Å². The number of nitrogens with zero attached hydrogens (tertiary/aromatic N) is 2. The maximum atomic E-state index is 10.6. The van der Waals surface area contributed by atoms with Crippen molar-refractivity contribution in [2.75, 3.05) is 11.9 Å². The van der Waals surface area contributed by atoms with E-state index in [9.17, 15) is 10.1 Å². The van der Waals surface area contributed by atoms with Crippen molar-refractivity contribution in [1.82, 2.24) is 4.98 Å². The number of aromatic nitrogens is 1. The molecule has 2 N–H and O–H groups in total. The summed E-state index contributed by atoms with van der Waals surface area (Å²) in [7, 11) is 0. The van der Waals surface area contributed by atoms with Crippen molar-refractivity contribution >= 4 is 11.5 Å². The van der Waals surface area contributed by atoms with Gasteiger partial charge in [0.2, 0.25) is 0 Å². The number of pyridine rings is 1. The Hall–Kier alpha value is -1.69. The van der Waals surface area contributed by atoms with Gasteiger partial charge in [0.1, 0.15) is 11.5 Å². The third-order valence-electron chi connectivity index (χ3n) is 2.36. The fraction of sp³-hybridized carbons (Fsp3) is 0.545. The van der Waals surface area contributed by atoms with Gasteiger partial charge in [-0.15, -0.1) is 0 Å². The Morgan fingerprint density at radius 2 is 2.29 bits per heavy atom. The fourth-order valence-electron chi connectivity index (χ4n) is 1.46. The first-order chi connectivity index (χ1) is 8.00. The van der Waals surface area contributed by atoms with E-state index in [-0.39, 0.29) is 11.8 Å². The highest BCUT2D eigenvalue weighted by molar-refractivity contribution is 5.44. The zero-order chi connectivity index (χ0) is 12.8. The van der Waals surface area contributed by atoms with E-state index in [1.54, 1.807) is 19.9 Å². The molecule has 0 radical (unpaired) electrons. The van der Waals surface area contributed by atoms with Crippen LogP contribution in [0.3, 0.4) is 0 Å². The van der Waals surface area contributed by atoms with Gasteiger partial charge in [-0.1, -0.05) is 0 Å². The van der Waals surface area contributed by atoms with Gasteiger partial charge >= 0.3 is 0 Å². The van der Waals surface area contributed by atoms with Gasteiger partial charge in [0, 0.05) is 12.6 Å².